The van der Waals surface area contributed by atoms with Gasteiger partial charge in [-0.15, -0.1) is 0 Å². The first-order valence-electron chi connectivity index (χ1n) is 4.95. The molecule has 0 aliphatic rings. The van der Waals surface area contributed by atoms with E-state index in [1.165, 1.54) is 0 Å². The summed E-state index contributed by atoms with van der Waals surface area (Å²) < 4.78 is 22.2. The van der Waals surface area contributed by atoms with Crippen LogP contribution in [0.3, 0.4) is 0 Å². The predicted octanol–water partition coefficient (Wildman–Crippen LogP) is 1.15. The molecule has 0 rings (SSSR count). The Balaban J connectivity index is 3.39. The third-order valence-electron chi connectivity index (χ3n) is 2.16. The second kappa shape index (κ2) is 7.54. The van der Waals surface area contributed by atoms with Crippen LogP contribution in [0.4, 0.5) is 0 Å². The topological polar surface area (TPSA) is 46.2 Å². The smallest absolute Gasteiger partial charge is 0.151 e. The van der Waals surface area contributed by atoms with E-state index in [1.807, 2.05) is 11.8 Å². The Bertz CT molecular complexity index is 227. The molecule has 0 spiro atoms. The molecule has 0 bridgehead atoms. The monoisotopic (exact) mass is 239 g/mol. The standard InChI is InChI=1S/C9H21NO2S2/c1-4-14(11,12)8-7-10-6-5-9(2)13-3/h9-10H,4-8H2,1-3H3. The molecule has 0 aliphatic heterocycles. The van der Waals surface area contributed by atoms with Crippen molar-refractivity contribution in [1.82, 2.24) is 5.32 Å². The second-order valence-corrected chi connectivity index (χ2v) is 7.07. The largest absolute Gasteiger partial charge is 0.316 e. The number of sulfone groups is 1. The van der Waals surface area contributed by atoms with Crippen molar-refractivity contribution in [1.29, 1.82) is 0 Å². The molecule has 86 valence electrons. The zero-order valence-electron chi connectivity index (χ0n) is 9.25. The highest BCUT2D eigenvalue weighted by atomic mass is 32.2. The van der Waals surface area contributed by atoms with Gasteiger partial charge in [-0.3, -0.25) is 0 Å². The molecule has 0 amide bonds. The highest BCUT2D eigenvalue weighted by Crippen LogP contribution is 2.07. The van der Waals surface area contributed by atoms with Crippen LogP contribution in [0.1, 0.15) is 20.3 Å². The van der Waals surface area contributed by atoms with Gasteiger partial charge in [0.2, 0.25) is 0 Å². The lowest BCUT2D eigenvalue weighted by Crippen LogP contribution is -2.25. The molecule has 1 unspecified atom stereocenters. The van der Waals surface area contributed by atoms with Gasteiger partial charge in [0.1, 0.15) is 0 Å². The molecule has 0 aromatic carbocycles. The normalized spacial score (nSPS) is 14.2. The van der Waals surface area contributed by atoms with E-state index in [1.54, 1.807) is 6.92 Å². The maximum absolute atomic E-state index is 11.1. The Kier molecular flexibility index (Phi) is 7.68. The first kappa shape index (κ1) is 14.3. The minimum absolute atomic E-state index is 0.246. The fraction of sp³-hybridized carbons (Fsp3) is 1.00. The molecule has 0 radical (unpaired) electrons. The number of hydrogen-bond donors (Lipinski definition) is 1. The van der Waals surface area contributed by atoms with Gasteiger partial charge in [0, 0.05) is 17.5 Å². The number of nitrogens with one attached hydrogen (secondary N) is 1. The molecule has 0 aromatic rings. The van der Waals surface area contributed by atoms with E-state index < -0.39 is 9.84 Å². The maximum Gasteiger partial charge on any atom is 0.151 e. The first-order chi connectivity index (χ1) is 6.52. The Hall–Kier alpha value is 0.260. The summed E-state index contributed by atoms with van der Waals surface area (Å²) in [5, 5.41) is 3.79. The van der Waals surface area contributed by atoms with Crippen molar-refractivity contribution in [2.24, 2.45) is 0 Å². The van der Waals surface area contributed by atoms with Crippen LogP contribution in [-0.4, -0.2) is 44.5 Å². The van der Waals surface area contributed by atoms with Gasteiger partial charge in [0.05, 0.1) is 5.75 Å². The van der Waals surface area contributed by atoms with E-state index in [2.05, 4.69) is 18.5 Å². The molecule has 0 aliphatic carbocycles. The molecule has 1 atom stereocenters. The number of rotatable bonds is 8. The molecular formula is C9H21NO2S2. The Morgan fingerprint density at radius 3 is 2.50 bits per heavy atom. The van der Waals surface area contributed by atoms with Crippen molar-refractivity contribution in [2.75, 3.05) is 30.9 Å². The Labute approximate surface area is 92.0 Å². The molecule has 0 saturated carbocycles. The quantitative estimate of drug-likeness (QED) is 0.646. The fourth-order valence-corrected chi connectivity index (χ4v) is 2.02. The van der Waals surface area contributed by atoms with Gasteiger partial charge in [-0.25, -0.2) is 8.42 Å². The van der Waals surface area contributed by atoms with Crippen LogP contribution in [0.5, 0.6) is 0 Å². The zero-order valence-corrected chi connectivity index (χ0v) is 10.9. The van der Waals surface area contributed by atoms with Gasteiger partial charge in [0.25, 0.3) is 0 Å². The number of hydrogen-bond acceptors (Lipinski definition) is 4. The van der Waals surface area contributed by atoms with E-state index in [4.69, 9.17) is 0 Å². The van der Waals surface area contributed by atoms with E-state index in [9.17, 15) is 8.42 Å². The molecule has 5 heteroatoms. The molecule has 0 aromatic heterocycles. The van der Waals surface area contributed by atoms with Gasteiger partial charge in [-0.2, -0.15) is 11.8 Å². The molecule has 14 heavy (non-hydrogen) atoms. The number of thioether (sulfide) groups is 1. The van der Waals surface area contributed by atoms with Crippen molar-refractivity contribution in [3.63, 3.8) is 0 Å². The van der Waals surface area contributed by atoms with Gasteiger partial charge < -0.3 is 5.32 Å². The zero-order chi connectivity index (χ0) is 11.0. The van der Waals surface area contributed by atoms with Crippen LogP contribution in [0.25, 0.3) is 0 Å². The Morgan fingerprint density at radius 2 is 2.00 bits per heavy atom. The minimum Gasteiger partial charge on any atom is -0.316 e. The fourth-order valence-electron chi connectivity index (χ4n) is 0.920. The SMILES string of the molecule is CCS(=O)(=O)CCNCCC(C)SC. The van der Waals surface area contributed by atoms with Crippen LogP contribution >= 0.6 is 11.8 Å². The lowest BCUT2D eigenvalue weighted by molar-refractivity contribution is 0.590. The average molecular weight is 239 g/mol. The third kappa shape index (κ3) is 7.64. The van der Waals surface area contributed by atoms with Crippen molar-refractivity contribution < 1.29 is 8.42 Å². The summed E-state index contributed by atoms with van der Waals surface area (Å²) in [6, 6.07) is 0. The lowest BCUT2D eigenvalue weighted by atomic mass is 10.3. The lowest BCUT2D eigenvalue weighted by Gasteiger charge is -2.08. The van der Waals surface area contributed by atoms with Crippen molar-refractivity contribution >= 4 is 21.6 Å². The van der Waals surface area contributed by atoms with Crippen molar-refractivity contribution in [3.05, 3.63) is 0 Å². The summed E-state index contributed by atoms with van der Waals surface area (Å²) in [5.41, 5.74) is 0. The predicted molar refractivity (Wildman–Crippen MR) is 64.8 cm³/mol. The summed E-state index contributed by atoms with van der Waals surface area (Å²) in [4.78, 5) is 0. The highest BCUT2D eigenvalue weighted by Gasteiger charge is 2.06. The summed E-state index contributed by atoms with van der Waals surface area (Å²) in [5.74, 6) is 0.507. The second-order valence-electron chi connectivity index (χ2n) is 3.32. The van der Waals surface area contributed by atoms with Crippen LogP contribution < -0.4 is 5.32 Å². The average Bonchev–Trinajstić information content (AvgIpc) is 2.17. The van der Waals surface area contributed by atoms with Crippen LogP contribution in [0, 0.1) is 0 Å². The van der Waals surface area contributed by atoms with Crippen LogP contribution in [-0.2, 0) is 9.84 Å². The van der Waals surface area contributed by atoms with E-state index in [-0.39, 0.29) is 11.5 Å². The van der Waals surface area contributed by atoms with Gasteiger partial charge in [0.15, 0.2) is 9.84 Å². The first-order valence-corrected chi connectivity index (χ1v) is 8.06. The van der Waals surface area contributed by atoms with E-state index >= 15 is 0 Å². The molecular weight excluding hydrogens is 218 g/mol. The minimum atomic E-state index is -2.79. The highest BCUT2D eigenvalue weighted by molar-refractivity contribution is 7.99. The van der Waals surface area contributed by atoms with Crippen LogP contribution in [0.2, 0.25) is 0 Å². The summed E-state index contributed by atoms with van der Waals surface area (Å²) in [7, 11) is -2.79. The summed E-state index contributed by atoms with van der Waals surface area (Å²) in [6.45, 7) is 5.35. The summed E-state index contributed by atoms with van der Waals surface area (Å²) in [6.07, 6.45) is 3.18. The van der Waals surface area contributed by atoms with Crippen molar-refractivity contribution in [2.45, 2.75) is 25.5 Å². The van der Waals surface area contributed by atoms with Gasteiger partial charge in [-0.1, -0.05) is 13.8 Å². The Morgan fingerprint density at radius 1 is 1.36 bits per heavy atom. The molecule has 0 saturated heterocycles. The van der Waals surface area contributed by atoms with Gasteiger partial charge >= 0.3 is 0 Å². The third-order valence-corrected chi connectivity index (χ3v) is 4.91. The van der Waals surface area contributed by atoms with Gasteiger partial charge in [-0.05, 0) is 19.2 Å². The maximum atomic E-state index is 11.1. The van der Waals surface area contributed by atoms with E-state index in [0.29, 0.717) is 11.8 Å². The molecule has 0 heterocycles. The molecule has 1 N–H and O–H groups in total. The summed E-state index contributed by atoms with van der Waals surface area (Å²) >= 11 is 1.83. The molecule has 3 nitrogen and oxygen atoms in total. The van der Waals surface area contributed by atoms with E-state index in [0.717, 1.165) is 13.0 Å². The van der Waals surface area contributed by atoms with Crippen molar-refractivity contribution in [3.8, 4) is 0 Å². The van der Waals surface area contributed by atoms with Crippen LogP contribution in [0.15, 0.2) is 0 Å². The molecule has 0 fully saturated rings.